The number of hydrogen-bond acceptors (Lipinski definition) is 4. The third kappa shape index (κ3) is 4.38. The minimum Gasteiger partial charge on any atom is -0.263 e. The van der Waals surface area contributed by atoms with E-state index in [9.17, 15) is 8.42 Å². The molecule has 0 saturated carbocycles. The molecule has 3 nitrogen and oxygen atoms in total. The van der Waals surface area contributed by atoms with Crippen LogP contribution in [0.25, 0.3) is 0 Å². The van der Waals surface area contributed by atoms with Gasteiger partial charge in [0.15, 0.2) is 0 Å². The summed E-state index contributed by atoms with van der Waals surface area (Å²) in [5.74, 6) is 0. The summed E-state index contributed by atoms with van der Waals surface area (Å²) in [6, 6.07) is 3.26. The van der Waals surface area contributed by atoms with Crippen LogP contribution >= 0.6 is 33.9 Å². The normalized spacial score (nSPS) is 16.2. The van der Waals surface area contributed by atoms with Crippen LogP contribution < -0.4 is 0 Å². The second kappa shape index (κ2) is 5.60. The molecule has 0 spiro atoms. The van der Waals surface area contributed by atoms with Gasteiger partial charge in [-0.1, -0.05) is 35.6 Å². The van der Waals surface area contributed by atoms with Gasteiger partial charge in [-0.25, -0.2) is 0 Å². The third-order valence-corrected chi connectivity index (χ3v) is 4.97. The maximum atomic E-state index is 11.7. The first-order valence-corrected chi connectivity index (χ1v) is 8.06. The molecule has 1 heterocycles. The Morgan fingerprint density at radius 2 is 2.20 bits per heavy atom. The highest BCUT2D eigenvalue weighted by Crippen LogP contribution is 2.21. The zero-order chi connectivity index (χ0) is 11.5. The van der Waals surface area contributed by atoms with Gasteiger partial charge in [0.2, 0.25) is 0 Å². The van der Waals surface area contributed by atoms with Gasteiger partial charge in [0.1, 0.15) is 4.21 Å². The number of thiophene rings is 1. The predicted octanol–water partition coefficient (Wildman–Crippen LogP) is 3.06. The smallest absolute Gasteiger partial charge is 0.263 e. The molecule has 2 unspecified atom stereocenters. The minimum atomic E-state index is -3.55. The van der Waals surface area contributed by atoms with Gasteiger partial charge >= 0.3 is 10.1 Å². The largest absolute Gasteiger partial charge is 0.306 e. The van der Waals surface area contributed by atoms with Crippen LogP contribution in [0.4, 0.5) is 0 Å². The Kier molecular flexibility index (Phi) is 5.01. The third-order valence-electron chi connectivity index (χ3n) is 1.69. The first kappa shape index (κ1) is 13.4. The van der Waals surface area contributed by atoms with Crippen molar-refractivity contribution in [2.75, 3.05) is 0 Å². The molecule has 1 aromatic heterocycles. The van der Waals surface area contributed by atoms with Crippen LogP contribution in [0.2, 0.25) is 0 Å². The fourth-order valence-electron chi connectivity index (χ4n) is 1.17. The van der Waals surface area contributed by atoms with Crippen LogP contribution in [0.3, 0.4) is 0 Å². The van der Waals surface area contributed by atoms with Crippen LogP contribution in [0.15, 0.2) is 21.7 Å². The summed E-state index contributed by atoms with van der Waals surface area (Å²) in [5.41, 5.74) is 0. The van der Waals surface area contributed by atoms with E-state index in [1.54, 1.807) is 24.4 Å². The molecule has 0 aliphatic rings. The summed E-state index contributed by atoms with van der Waals surface area (Å²) in [5, 5.41) is 1.72. The molecule has 0 aromatic carbocycles. The van der Waals surface area contributed by atoms with Crippen molar-refractivity contribution in [1.82, 2.24) is 0 Å². The van der Waals surface area contributed by atoms with Gasteiger partial charge in [0.05, 0.1) is 6.10 Å². The highest BCUT2D eigenvalue weighted by atomic mass is 127. The monoisotopic (exact) mass is 360 g/mol. The lowest BCUT2D eigenvalue weighted by atomic mass is 10.2. The predicted molar refractivity (Wildman–Crippen MR) is 70.2 cm³/mol. The van der Waals surface area contributed by atoms with E-state index in [2.05, 4.69) is 22.6 Å². The lowest BCUT2D eigenvalue weighted by Gasteiger charge is -2.13. The molecule has 2 atom stereocenters. The lowest BCUT2D eigenvalue weighted by molar-refractivity contribution is 0.221. The molecule has 0 fully saturated rings. The molecule has 1 rings (SSSR count). The van der Waals surface area contributed by atoms with Gasteiger partial charge in [-0.3, -0.25) is 4.18 Å². The summed E-state index contributed by atoms with van der Waals surface area (Å²) < 4.78 is 29.1. The molecule has 15 heavy (non-hydrogen) atoms. The first-order chi connectivity index (χ1) is 6.92. The fourth-order valence-corrected chi connectivity index (χ4v) is 3.94. The second-order valence-corrected chi connectivity index (χ2v) is 8.18. The van der Waals surface area contributed by atoms with Gasteiger partial charge in [-0.15, -0.1) is 11.3 Å². The molecule has 86 valence electrons. The molecule has 0 aliphatic heterocycles. The highest BCUT2D eigenvalue weighted by Gasteiger charge is 2.20. The van der Waals surface area contributed by atoms with Gasteiger partial charge < -0.3 is 0 Å². The number of hydrogen-bond donors (Lipinski definition) is 0. The maximum Gasteiger partial charge on any atom is 0.306 e. The molecular weight excluding hydrogens is 347 g/mol. The molecule has 0 N–H and O–H groups in total. The SMILES string of the molecule is CC(I)CC(C)OS(=O)(=O)c1cccs1. The van der Waals surface area contributed by atoms with Crippen LogP contribution in [-0.2, 0) is 14.3 Å². The van der Waals surface area contributed by atoms with Crippen molar-refractivity contribution in [3.05, 3.63) is 17.5 Å². The topological polar surface area (TPSA) is 43.4 Å². The Labute approximate surface area is 108 Å². The van der Waals surface area contributed by atoms with Crippen LogP contribution in [0.1, 0.15) is 20.3 Å². The zero-order valence-electron chi connectivity index (χ0n) is 8.51. The van der Waals surface area contributed by atoms with Gasteiger partial charge in [0, 0.05) is 3.92 Å². The van der Waals surface area contributed by atoms with Gasteiger partial charge in [-0.2, -0.15) is 8.42 Å². The Morgan fingerprint density at radius 3 is 2.67 bits per heavy atom. The quantitative estimate of drug-likeness (QED) is 0.461. The molecule has 0 saturated heterocycles. The molecule has 1 aromatic rings. The molecule has 0 radical (unpaired) electrons. The molecule has 0 amide bonds. The first-order valence-electron chi connectivity index (χ1n) is 4.52. The summed E-state index contributed by atoms with van der Waals surface area (Å²) in [7, 11) is -3.55. The van der Waals surface area contributed by atoms with E-state index in [1.807, 2.05) is 6.92 Å². The standard InChI is InChI=1S/C9H13IO3S2/c1-7(10)6-8(2)13-15(11,12)9-4-3-5-14-9/h3-5,7-8H,6H2,1-2H3. The second-order valence-electron chi connectivity index (χ2n) is 3.31. The van der Waals surface area contributed by atoms with Crippen LogP contribution in [0.5, 0.6) is 0 Å². The average Bonchev–Trinajstić information content (AvgIpc) is 2.51. The molecule has 0 bridgehead atoms. The van der Waals surface area contributed by atoms with E-state index >= 15 is 0 Å². The van der Waals surface area contributed by atoms with Gasteiger partial charge in [-0.05, 0) is 24.8 Å². The summed E-state index contributed by atoms with van der Waals surface area (Å²) in [6.45, 7) is 3.80. The van der Waals surface area contributed by atoms with Crippen molar-refractivity contribution in [1.29, 1.82) is 0 Å². The van der Waals surface area contributed by atoms with Crippen molar-refractivity contribution >= 4 is 44.0 Å². The molecule has 6 heteroatoms. The zero-order valence-corrected chi connectivity index (χ0v) is 12.3. The number of halogens is 1. The Bertz CT molecular complexity index is 383. The Hall–Kier alpha value is 0.340. The average molecular weight is 360 g/mol. The fraction of sp³-hybridized carbons (Fsp3) is 0.556. The van der Waals surface area contributed by atoms with Crippen LogP contribution in [-0.4, -0.2) is 18.4 Å². The van der Waals surface area contributed by atoms with E-state index in [-0.39, 0.29) is 10.3 Å². The summed E-state index contributed by atoms with van der Waals surface area (Å²) >= 11 is 3.43. The Balaban J connectivity index is 2.66. The van der Waals surface area contributed by atoms with E-state index < -0.39 is 10.1 Å². The number of rotatable bonds is 5. The lowest BCUT2D eigenvalue weighted by Crippen LogP contribution is -2.17. The van der Waals surface area contributed by atoms with Crippen molar-refractivity contribution in [3.63, 3.8) is 0 Å². The Morgan fingerprint density at radius 1 is 1.53 bits per heavy atom. The van der Waals surface area contributed by atoms with E-state index in [0.29, 0.717) is 3.92 Å². The van der Waals surface area contributed by atoms with E-state index in [0.717, 1.165) is 6.42 Å². The summed E-state index contributed by atoms with van der Waals surface area (Å²) in [6.07, 6.45) is 0.453. The van der Waals surface area contributed by atoms with Crippen molar-refractivity contribution in [3.8, 4) is 0 Å². The van der Waals surface area contributed by atoms with E-state index in [4.69, 9.17) is 4.18 Å². The minimum absolute atomic E-state index is 0.274. The van der Waals surface area contributed by atoms with Gasteiger partial charge in [0.25, 0.3) is 0 Å². The van der Waals surface area contributed by atoms with Crippen LogP contribution in [0, 0.1) is 0 Å². The highest BCUT2D eigenvalue weighted by molar-refractivity contribution is 14.1. The molecular formula is C9H13IO3S2. The maximum absolute atomic E-state index is 11.7. The number of alkyl halides is 1. The van der Waals surface area contributed by atoms with Crippen molar-refractivity contribution in [2.45, 2.75) is 34.5 Å². The van der Waals surface area contributed by atoms with E-state index in [1.165, 1.54) is 11.3 Å². The van der Waals surface area contributed by atoms with Crippen molar-refractivity contribution in [2.24, 2.45) is 0 Å². The van der Waals surface area contributed by atoms with Crippen molar-refractivity contribution < 1.29 is 12.6 Å². The summed E-state index contributed by atoms with van der Waals surface area (Å²) in [4.78, 5) is 0. The molecule has 0 aliphatic carbocycles.